The second-order valence-electron chi connectivity index (χ2n) is 4.62. The third-order valence-electron chi connectivity index (χ3n) is 3.29. The molecule has 1 aromatic rings. The number of benzene rings is 1. The summed E-state index contributed by atoms with van der Waals surface area (Å²) in [5.74, 6) is -0.149. The summed E-state index contributed by atoms with van der Waals surface area (Å²) in [6.07, 6.45) is -4.41. The van der Waals surface area contributed by atoms with E-state index in [9.17, 15) is 22.8 Å². The summed E-state index contributed by atoms with van der Waals surface area (Å²) in [6.45, 7) is 0.948. The van der Waals surface area contributed by atoms with Crippen molar-refractivity contribution in [2.45, 2.75) is 6.18 Å². The zero-order valence-electron chi connectivity index (χ0n) is 10.8. The SMILES string of the molecule is CN1CCN(c2ccc(C=O)c(C(F)(F)F)c2)CC1=O. The summed E-state index contributed by atoms with van der Waals surface area (Å²) in [6, 6.07) is 3.48. The molecule has 0 aliphatic carbocycles. The van der Waals surface area contributed by atoms with Crippen LogP contribution in [0.15, 0.2) is 18.2 Å². The molecule has 108 valence electrons. The largest absolute Gasteiger partial charge is 0.417 e. The highest BCUT2D eigenvalue weighted by atomic mass is 19.4. The van der Waals surface area contributed by atoms with Crippen LogP contribution in [0.25, 0.3) is 0 Å². The van der Waals surface area contributed by atoms with E-state index in [4.69, 9.17) is 0 Å². The number of hydrogen-bond acceptors (Lipinski definition) is 3. The molecule has 2 rings (SSSR count). The van der Waals surface area contributed by atoms with E-state index in [1.54, 1.807) is 11.9 Å². The van der Waals surface area contributed by atoms with Gasteiger partial charge in [-0.3, -0.25) is 9.59 Å². The van der Waals surface area contributed by atoms with Crippen LogP contribution < -0.4 is 4.90 Å². The van der Waals surface area contributed by atoms with Gasteiger partial charge in [0.2, 0.25) is 5.91 Å². The first-order valence-electron chi connectivity index (χ1n) is 5.98. The van der Waals surface area contributed by atoms with Crippen LogP contribution in [0.1, 0.15) is 15.9 Å². The van der Waals surface area contributed by atoms with Crippen LogP contribution in [-0.2, 0) is 11.0 Å². The number of carbonyl (C=O) groups excluding carboxylic acids is 2. The highest BCUT2D eigenvalue weighted by molar-refractivity contribution is 5.83. The number of aldehydes is 1. The van der Waals surface area contributed by atoms with Gasteiger partial charge in [0.1, 0.15) is 0 Å². The molecule has 0 bridgehead atoms. The van der Waals surface area contributed by atoms with E-state index >= 15 is 0 Å². The molecule has 1 aromatic carbocycles. The number of halogens is 3. The molecule has 0 saturated carbocycles. The molecule has 1 saturated heterocycles. The second kappa shape index (κ2) is 5.15. The Morgan fingerprint density at radius 3 is 2.50 bits per heavy atom. The standard InChI is InChI=1S/C13H13F3N2O2/c1-17-4-5-18(7-12(17)20)10-3-2-9(8-19)11(6-10)13(14,15)16/h2-3,6,8H,4-5,7H2,1H3. The van der Waals surface area contributed by atoms with Crippen molar-refractivity contribution in [3.8, 4) is 0 Å². The third kappa shape index (κ3) is 2.76. The maximum absolute atomic E-state index is 12.9. The van der Waals surface area contributed by atoms with Crippen molar-refractivity contribution in [2.24, 2.45) is 0 Å². The van der Waals surface area contributed by atoms with Gasteiger partial charge in [-0.15, -0.1) is 0 Å². The topological polar surface area (TPSA) is 40.6 Å². The van der Waals surface area contributed by atoms with Crippen LogP contribution in [0.5, 0.6) is 0 Å². The van der Waals surface area contributed by atoms with Gasteiger partial charge in [-0.25, -0.2) is 0 Å². The molecule has 1 amide bonds. The quantitative estimate of drug-likeness (QED) is 0.778. The first kappa shape index (κ1) is 14.4. The minimum absolute atomic E-state index is 0.0359. The number of likely N-dealkylation sites (N-methyl/N-ethyl adjacent to an activating group) is 1. The second-order valence-corrected chi connectivity index (χ2v) is 4.62. The number of amides is 1. The average Bonchev–Trinajstić information content (AvgIpc) is 2.40. The molecule has 1 aliphatic rings. The highest BCUT2D eigenvalue weighted by Gasteiger charge is 2.34. The Kier molecular flexibility index (Phi) is 3.69. The van der Waals surface area contributed by atoms with Gasteiger partial charge < -0.3 is 9.80 Å². The van der Waals surface area contributed by atoms with Crippen molar-refractivity contribution in [1.82, 2.24) is 4.90 Å². The molecule has 0 N–H and O–H groups in total. The van der Waals surface area contributed by atoms with E-state index in [-0.39, 0.29) is 18.7 Å². The summed E-state index contributed by atoms with van der Waals surface area (Å²) in [5, 5.41) is 0. The Hall–Kier alpha value is -2.05. The fourth-order valence-electron chi connectivity index (χ4n) is 2.07. The number of rotatable bonds is 2. The van der Waals surface area contributed by atoms with Crippen molar-refractivity contribution in [1.29, 1.82) is 0 Å². The molecule has 1 aliphatic heterocycles. The lowest BCUT2D eigenvalue weighted by Gasteiger charge is -2.33. The summed E-state index contributed by atoms with van der Waals surface area (Å²) in [7, 11) is 1.65. The van der Waals surface area contributed by atoms with E-state index in [0.29, 0.717) is 18.8 Å². The highest BCUT2D eigenvalue weighted by Crippen LogP contribution is 2.34. The summed E-state index contributed by atoms with van der Waals surface area (Å²) in [5.41, 5.74) is -1.08. The van der Waals surface area contributed by atoms with Gasteiger partial charge >= 0.3 is 6.18 Å². The van der Waals surface area contributed by atoms with Crippen LogP contribution >= 0.6 is 0 Å². The monoisotopic (exact) mass is 286 g/mol. The fraction of sp³-hybridized carbons (Fsp3) is 0.385. The summed E-state index contributed by atoms with van der Waals surface area (Å²) in [4.78, 5) is 25.4. The number of hydrogen-bond donors (Lipinski definition) is 0. The zero-order valence-corrected chi connectivity index (χ0v) is 10.8. The molecular weight excluding hydrogens is 273 g/mol. The molecule has 0 spiro atoms. The molecule has 0 atom stereocenters. The third-order valence-corrected chi connectivity index (χ3v) is 3.29. The van der Waals surface area contributed by atoms with Crippen molar-refractivity contribution >= 4 is 17.9 Å². The van der Waals surface area contributed by atoms with Crippen LogP contribution in [0.3, 0.4) is 0 Å². The van der Waals surface area contributed by atoms with Gasteiger partial charge in [-0.05, 0) is 18.2 Å². The van der Waals surface area contributed by atoms with Crippen molar-refractivity contribution in [3.63, 3.8) is 0 Å². The van der Waals surface area contributed by atoms with Crippen LogP contribution in [0, 0.1) is 0 Å². The van der Waals surface area contributed by atoms with Crippen molar-refractivity contribution in [3.05, 3.63) is 29.3 Å². The van der Waals surface area contributed by atoms with E-state index in [0.717, 1.165) is 12.1 Å². The Bertz CT molecular complexity index is 543. The smallest absolute Gasteiger partial charge is 0.360 e. The minimum atomic E-state index is -4.59. The summed E-state index contributed by atoms with van der Waals surface area (Å²) >= 11 is 0. The molecule has 1 fully saturated rings. The maximum atomic E-state index is 12.9. The average molecular weight is 286 g/mol. The van der Waals surface area contributed by atoms with Gasteiger partial charge in [0.25, 0.3) is 0 Å². The van der Waals surface area contributed by atoms with Gasteiger partial charge in [-0.1, -0.05) is 0 Å². The molecule has 0 aromatic heterocycles. The molecular formula is C13H13F3N2O2. The lowest BCUT2D eigenvalue weighted by atomic mass is 10.1. The van der Waals surface area contributed by atoms with Gasteiger partial charge in [0.15, 0.2) is 6.29 Å². The molecule has 7 heteroatoms. The maximum Gasteiger partial charge on any atom is 0.417 e. The number of piperazine rings is 1. The molecule has 0 unspecified atom stereocenters. The molecule has 1 heterocycles. The van der Waals surface area contributed by atoms with E-state index < -0.39 is 17.3 Å². The minimum Gasteiger partial charge on any atom is -0.360 e. The molecule has 20 heavy (non-hydrogen) atoms. The van der Waals surface area contributed by atoms with Crippen LogP contribution in [-0.4, -0.2) is 43.8 Å². The predicted octanol–water partition coefficient (Wildman–Crippen LogP) is 1.80. The first-order valence-corrected chi connectivity index (χ1v) is 5.98. The number of carbonyl (C=O) groups is 2. The Labute approximate surface area is 113 Å². The number of anilines is 1. The number of nitrogens with zero attached hydrogens (tertiary/aromatic N) is 2. The summed E-state index contributed by atoms with van der Waals surface area (Å²) < 4.78 is 38.6. The fourth-order valence-corrected chi connectivity index (χ4v) is 2.07. The Morgan fingerprint density at radius 1 is 1.25 bits per heavy atom. The first-order chi connectivity index (χ1) is 9.32. The zero-order chi connectivity index (χ0) is 14.9. The number of alkyl halides is 3. The van der Waals surface area contributed by atoms with Gasteiger partial charge in [0.05, 0.1) is 12.1 Å². The van der Waals surface area contributed by atoms with E-state index in [1.165, 1.54) is 11.0 Å². The van der Waals surface area contributed by atoms with Gasteiger partial charge in [-0.2, -0.15) is 13.2 Å². The normalized spacial score (nSPS) is 16.5. The molecule has 4 nitrogen and oxygen atoms in total. The van der Waals surface area contributed by atoms with Crippen LogP contribution in [0.4, 0.5) is 18.9 Å². The van der Waals surface area contributed by atoms with Crippen molar-refractivity contribution in [2.75, 3.05) is 31.6 Å². The van der Waals surface area contributed by atoms with Crippen molar-refractivity contribution < 1.29 is 22.8 Å². The lowest BCUT2D eigenvalue weighted by Crippen LogP contribution is -2.48. The van der Waals surface area contributed by atoms with Gasteiger partial charge in [0, 0.05) is 31.4 Å². The van der Waals surface area contributed by atoms with Crippen LogP contribution in [0.2, 0.25) is 0 Å². The van der Waals surface area contributed by atoms with E-state index in [2.05, 4.69) is 0 Å². The Morgan fingerprint density at radius 2 is 1.95 bits per heavy atom. The molecule has 0 radical (unpaired) electrons. The van der Waals surface area contributed by atoms with E-state index in [1.807, 2.05) is 0 Å². The Balaban J connectivity index is 2.34. The lowest BCUT2D eigenvalue weighted by molar-refractivity contribution is -0.137. The predicted molar refractivity (Wildman–Crippen MR) is 66.7 cm³/mol.